The molecule has 1 aliphatic rings. The first-order chi connectivity index (χ1) is 8.33. The molecule has 0 aliphatic carbocycles. The van der Waals surface area contributed by atoms with Gasteiger partial charge in [-0.05, 0) is 41.8 Å². The summed E-state index contributed by atoms with van der Waals surface area (Å²) in [5.41, 5.74) is 4.25. The summed E-state index contributed by atoms with van der Waals surface area (Å²) in [5, 5.41) is 0. The predicted molar refractivity (Wildman–Crippen MR) is 75.3 cm³/mol. The zero-order chi connectivity index (χ0) is 11.7. The van der Waals surface area contributed by atoms with E-state index in [-0.39, 0.29) is 0 Å². The zero-order valence-electron chi connectivity index (χ0n) is 9.57. The number of hydrogen-bond acceptors (Lipinski definition) is 1. The molecule has 1 heterocycles. The Morgan fingerprint density at radius 1 is 0.941 bits per heavy atom. The topological polar surface area (TPSA) is 3.24 Å². The van der Waals surface area contributed by atoms with Crippen molar-refractivity contribution < 1.29 is 0 Å². The summed E-state index contributed by atoms with van der Waals surface area (Å²) in [6.45, 7) is 2.13. The number of rotatable bonds is 1. The standard InChI is InChI=1S/C15H14BrN/c16-14-7-6-13-11-17(9-8-12(13)10-14)15-4-2-1-3-5-15/h1-7,10H,8-9,11H2. The van der Waals surface area contributed by atoms with Gasteiger partial charge >= 0.3 is 0 Å². The summed E-state index contributed by atoms with van der Waals surface area (Å²) < 4.78 is 1.18. The van der Waals surface area contributed by atoms with Crippen LogP contribution in [-0.4, -0.2) is 6.54 Å². The molecule has 0 atom stereocenters. The Morgan fingerprint density at radius 2 is 1.76 bits per heavy atom. The van der Waals surface area contributed by atoms with Gasteiger partial charge in [0.2, 0.25) is 0 Å². The Kier molecular flexibility index (Phi) is 2.89. The highest BCUT2D eigenvalue weighted by Gasteiger charge is 2.16. The highest BCUT2D eigenvalue weighted by molar-refractivity contribution is 9.10. The van der Waals surface area contributed by atoms with Crippen LogP contribution in [0.15, 0.2) is 53.0 Å². The third kappa shape index (κ3) is 2.22. The first-order valence-electron chi connectivity index (χ1n) is 5.90. The summed E-state index contributed by atoms with van der Waals surface area (Å²) in [6.07, 6.45) is 1.13. The molecule has 0 saturated heterocycles. The molecule has 0 radical (unpaired) electrons. The van der Waals surface area contributed by atoms with E-state index in [0.29, 0.717) is 0 Å². The van der Waals surface area contributed by atoms with Crippen LogP contribution in [0.4, 0.5) is 5.69 Å². The lowest BCUT2D eigenvalue weighted by Crippen LogP contribution is -2.30. The lowest BCUT2D eigenvalue weighted by Gasteiger charge is -2.30. The monoisotopic (exact) mass is 287 g/mol. The van der Waals surface area contributed by atoms with Crippen molar-refractivity contribution in [1.29, 1.82) is 0 Å². The van der Waals surface area contributed by atoms with Crippen LogP contribution in [-0.2, 0) is 13.0 Å². The van der Waals surface area contributed by atoms with E-state index in [0.717, 1.165) is 19.5 Å². The van der Waals surface area contributed by atoms with Crippen molar-refractivity contribution in [2.45, 2.75) is 13.0 Å². The first kappa shape index (κ1) is 10.8. The van der Waals surface area contributed by atoms with Crippen LogP contribution in [0.5, 0.6) is 0 Å². The fourth-order valence-electron chi connectivity index (χ4n) is 2.38. The molecule has 0 aromatic heterocycles. The number of nitrogens with zero attached hydrogens (tertiary/aromatic N) is 1. The largest absolute Gasteiger partial charge is 0.367 e. The fraction of sp³-hybridized carbons (Fsp3) is 0.200. The minimum absolute atomic E-state index is 1.02. The quantitative estimate of drug-likeness (QED) is 0.766. The van der Waals surface area contributed by atoms with Gasteiger partial charge in [0.25, 0.3) is 0 Å². The molecule has 0 bridgehead atoms. The van der Waals surface area contributed by atoms with E-state index >= 15 is 0 Å². The van der Waals surface area contributed by atoms with Gasteiger partial charge in [-0.25, -0.2) is 0 Å². The molecule has 1 aliphatic heterocycles. The van der Waals surface area contributed by atoms with E-state index in [1.807, 2.05) is 0 Å². The molecule has 2 aromatic carbocycles. The highest BCUT2D eigenvalue weighted by atomic mass is 79.9. The molecule has 3 rings (SSSR count). The smallest absolute Gasteiger partial charge is 0.0432 e. The van der Waals surface area contributed by atoms with Gasteiger partial charge in [-0.15, -0.1) is 0 Å². The van der Waals surface area contributed by atoms with Gasteiger partial charge in [0.1, 0.15) is 0 Å². The van der Waals surface area contributed by atoms with E-state index in [9.17, 15) is 0 Å². The van der Waals surface area contributed by atoms with Crippen molar-refractivity contribution >= 4 is 21.6 Å². The molecular weight excluding hydrogens is 274 g/mol. The summed E-state index contributed by atoms with van der Waals surface area (Å²) in [6, 6.07) is 17.3. The number of hydrogen-bond donors (Lipinski definition) is 0. The molecule has 1 nitrogen and oxygen atoms in total. The summed E-state index contributed by atoms with van der Waals surface area (Å²) in [4.78, 5) is 2.44. The molecule has 0 fully saturated rings. The van der Waals surface area contributed by atoms with E-state index in [1.165, 1.54) is 21.3 Å². The second-order valence-electron chi connectivity index (χ2n) is 4.42. The Hall–Kier alpha value is -1.28. The van der Waals surface area contributed by atoms with Crippen LogP contribution < -0.4 is 4.90 Å². The van der Waals surface area contributed by atoms with E-state index in [2.05, 4.69) is 69.4 Å². The molecule has 0 saturated carbocycles. The van der Waals surface area contributed by atoms with Crippen LogP contribution in [0.2, 0.25) is 0 Å². The summed E-state index contributed by atoms with van der Waals surface area (Å²) in [7, 11) is 0. The Labute approximate surface area is 110 Å². The maximum absolute atomic E-state index is 3.54. The van der Waals surface area contributed by atoms with Crippen LogP contribution in [0.25, 0.3) is 0 Å². The third-order valence-electron chi connectivity index (χ3n) is 3.30. The Bertz CT molecular complexity index is 522. The molecule has 0 amide bonds. The highest BCUT2D eigenvalue weighted by Crippen LogP contribution is 2.26. The molecule has 86 valence electrons. The van der Waals surface area contributed by atoms with E-state index in [1.54, 1.807) is 0 Å². The lowest BCUT2D eigenvalue weighted by molar-refractivity contribution is 0.731. The van der Waals surface area contributed by atoms with Crippen LogP contribution >= 0.6 is 15.9 Å². The van der Waals surface area contributed by atoms with Gasteiger partial charge in [0, 0.05) is 23.2 Å². The Balaban J connectivity index is 1.88. The summed E-state index contributed by atoms with van der Waals surface area (Å²) in [5.74, 6) is 0. The van der Waals surface area contributed by atoms with Crippen molar-refractivity contribution in [2.75, 3.05) is 11.4 Å². The van der Waals surface area contributed by atoms with Crippen molar-refractivity contribution in [3.63, 3.8) is 0 Å². The van der Waals surface area contributed by atoms with Crippen LogP contribution in [0, 0.1) is 0 Å². The molecule has 2 heteroatoms. The molecule has 2 aromatic rings. The van der Waals surface area contributed by atoms with E-state index in [4.69, 9.17) is 0 Å². The normalized spacial score (nSPS) is 14.5. The minimum atomic E-state index is 1.02. The second kappa shape index (κ2) is 4.53. The fourth-order valence-corrected chi connectivity index (χ4v) is 2.79. The van der Waals surface area contributed by atoms with Crippen LogP contribution in [0.1, 0.15) is 11.1 Å². The average molecular weight is 288 g/mol. The molecule has 0 N–H and O–H groups in total. The van der Waals surface area contributed by atoms with Gasteiger partial charge in [0.15, 0.2) is 0 Å². The minimum Gasteiger partial charge on any atom is -0.367 e. The van der Waals surface area contributed by atoms with Gasteiger partial charge in [0.05, 0.1) is 0 Å². The van der Waals surface area contributed by atoms with Crippen molar-refractivity contribution in [2.24, 2.45) is 0 Å². The number of anilines is 1. The van der Waals surface area contributed by atoms with Gasteiger partial charge in [-0.3, -0.25) is 0 Å². The summed E-state index contributed by atoms with van der Waals surface area (Å²) >= 11 is 3.54. The number of fused-ring (bicyclic) bond motifs is 1. The molecule has 0 unspecified atom stereocenters. The van der Waals surface area contributed by atoms with Gasteiger partial charge < -0.3 is 4.90 Å². The third-order valence-corrected chi connectivity index (χ3v) is 3.80. The maximum atomic E-state index is 3.54. The van der Waals surface area contributed by atoms with Crippen molar-refractivity contribution in [3.05, 3.63) is 64.1 Å². The SMILES string of the molecule is Brc1ccc2c(c1)CCN(c1ccccc1)C2. The second-order valence-corrected chi connectivity index (χ2v) is 5.34. The lowest BCUT2D eigenvalue weighted by atomic mass is 9.99. The van der Waals surface area contributed by atoms with Crippen LogP contribution in [0.3, 0.4) is 0 Å². The van der Waals surface area contributed by atoms with Gasteiger partial charge in [-0.1, -0.05) is 40.2 Å². The molecular formula is C15H14BrN. The Morgan fingerprint density at radius 3 is 2.59 bits per heavy atom. The predicted octanol–water partition coefficient (Wildman–Crippen LogP) is 4.01. The first-order valence-corrected chi connectivity index (χ1v) is 6.69. The maximum Gasteiger partial charge on any atom is 0.0432 e. The van der Waals surface area contributed by atoms with Crippen molar-refractivity contribution in [3.8, 4) is 0 Å². The number of halogens is 1. The molecule has 0 spiro atoms. The average Bonchev–Trinajstić information content (AvgIpc) is 2.39. The van der Waals surface area contributed by atoms with E-state index < -0.39 is 0 Å². The molecule has 17 heavy (non-hydrogen) atoms. The number of benzene rings is 2. The van der Waals surface area contributed by atoms with Crippen molar-refractivity contribution in [1.82, 2.24) is 0 Å². The van der Waals surface area contributed by atoms with Gasteiger partial charge in [-0.2, -0.15) is 0 Å². The number of para-hydroxylation sites is 1. The zero-order valence-corrected chi connectivity index (χ0v) is 11.2.